The van der Waals surface area contributed by atoms with Crippen LogP contribution < -0.4 is 0 Å². The normalized spacial score (nSPS) is 19.1. The van der Waals surface area contributed by atoms with Crippen LogP contribution in [0.2, 0.25) is 0 Å². The van der Waals surface area contributed by atoms with Crippen LogP contribution in [-0.4, -0.2) is 18.0 Å². The van der Waals surface area contributed by atoms with Gasteiger partial charge in [0.2, 0.25) is 0 Å². The van der Waals surface area contributed by atoms with Crippen molar-refractivity contribution in [1.82, 2.24) is 4.90 Å². The monoisotopic (exact) mass is 512 g/mol. The Kier molecular flexibility index (Phi) is 10.5. The maximum absolute atomic E-state index is 7.32. The van der Waals surface area contributed by atoms with Gasteiger partial charge in [0.25, 0.3) is 0 Å². The molecule has 2 nitrogen and oxygen atoms in total. The third kappa shape index (κ3) is 7.03. The van der Waals surface area contributed by atoms with Crippen LogP contribution in [0.1, 0.15) is 100 Å². The molecule has 1 unspecified atom stereocenters. The number of hydrogen-bond donors (Lipinski definition) is 0. The first-order valence-electron chi connectivity index (χ1n) is 13.4. The molecule has 2 aromatic rings. The molecular weight excluding hydrogens is 471 g/mol. The SMILES string of the molecule is CC#N.CCC(CCc1c(C2(Cl)CCCC2)cccc1C1(Cl)CCCC1)N(C)Cc1ccccc1. The summed E-state index contributed by atoms with van der Waals surface area (Å²) in [5.74, 6) is 0. The van der Waals surface area contributed by atoms with E-state index < -0.39 is 0 Å². The Morgan fingerprint density at radius 2 is 1.37 bits per heavy atom. The Bertz CT molecular complexity index is 913. The summed E-state index contributed by atoms with van der Waals surface area (Å²) in [5, 5.41) is 7.32. The molecule has 4 rings (SSSR count). The lowest BCUT2D eigenvalue weighted by atomic mass is 9.81. The molecular formula is C31H42Cl2N2. The molecule has 0 aromatic heterocycles. The fourth-order valence-electron chi connectivity index (χ4n) is 6.15. The summed E-state index contributed by atoms with van der Waals surface area (Å²) in [7, 11) is 2.27. The van der Waals surface area contributed by atoms with Crippen LogP contribution in [-0.2, 0) is 22.7 Å². The molecule has 0 spiro atoms. The van der Waals surface area contributed by atoms with E-state index in [1.54, 1.807) is 6.07 Å². The molecule has 1 atom stereocenters. The number of hydrogen-bond acceptors (Lipinski definition) is 2. The van der Waals surface area contributed by atoms with E-state index in [4.69, 9.17) is 28.5 Å². The van der Waals surface area contributed by atoms with Gasteiger partial charge < -0.3 is 0 Å². The highest BCUT2D eigenvalue weighted by molar-refractivity contribution is 6.25. The number of nitrogens with zero attached hydrogens (tertiary/aromatic N) is 2. The van der Waals surface area contributed by atoms with Crippen LogP contribution in [0.25, 0.3) is 0 Å². The number of alkyl halides is 2. The second kappa shape index (κ2) is 13.1. The minimum Gasteiger partial charge on any atom is -0.299 e. The van der Waals surface area contributed by atoms with E-state index in [1.807, 2.05) is 0 Å². The number of rotatable bonds is 9. The number of halogens is 2. The Balaban J connectivity index is 0.00000108. The molecule has 2 aliphatic carbocycles. The average molecular weight is 514 g/mol. The smallest absolute Gasteiger partial charge is 0.0697 e. The minimum absolute atomic E-state index is 0.200. The van der Waals surface area contributed by atoms with Gasteiger partial charge in [0.05, 0.1) is 15.8 Å². The summed E-state index contributed by atoms with van der Waals surface area (Å²) in [6.45, 7) is 4.74. The van der Waals surface area contributed by atoms with Crippen molar-refractivity contribution in [3.63, 3.8) is 0 Å². The number of nitriles is 1. The standard InChI is InChI=1S/C29H39Cl2N.C2H3N/c1-3-24(32(2)22-23-12-5-4-6-13-23)16-17-25-26(28(30)18-7-8-19-28)14-11-15-27(25)29(31)20-9-10-21-29;1-2-3/h4-6,11-15,24H,3,7-10,16-22H2,1-2H3;1H3. The fourth-order valence-corrected chi connectivity index (χ4v) is 7.04. The topological polar surface area (TPSA) is 27.0 Å². The van der Waals surface area contributed by atoms with Crippen molar-refractivity contribution in [2.45, 2.75) is 107 Å². The van der Waals surface area contributed by atoms with Gasteiger partial charge in [0, 0.05) is 19.5 Å². The predicted octanol–water partition coefficient (Wildman–Crippen LogP) is 9.08. The second-order valence-corrected chi connectivity index (χ2v) is 11.8. The summed E-state index contributed by atoms with van der Waals surface area (Å²) < 4.78 is 0. The van der Waals surface area contributed by atoms with E-state index >= 15 is 0 Å². The first-order valence-corrected chi connectivity index (χ1v) is 14.2. The maximum atomic E-state index is 7.32. The Labute approximate surface area is 223 Å². The molecule has 2 saturated carbocycles. The summed E-state index contributed by atoms with van der Waals surface area (Å²) in [4.78, 5) is 2.12. The molecule has 0 bridgehead atoms. The van der Waals surface area contributed by atoms with Crippen molar-refractivity contribution in [3.05, 3.63) is 70.8 Å². The fraction of sp³-hybridized carbons (Fsp3) is 0.581. The highest BCUT2D eigenvalue weighted by Gasteiger charge is 2.40. The largest absolute Gasteiger partial charge is 0.299 e. The van der Waals surface area contributed by atoms with E-state index in [9.17, 15) is 0 Å². The van der Waals surface area contributed by atoms with Crippen LogP contribution in [0.4, 0.5) is 0 Å². The van der Waals surface area contributed by atoms with Crippen LogP contribution in [0.15, 0.2) is 48.5 Å². The van der Waals surface area contributed by atoms with Crippen molar-refractivity contribution in [1.29, 1.82) is 5.26 Å². The van der Waals surface area contributed by atoms with Crippen molar-refractivity contribution >= 4 is 23.2 Å². The summed E-state index contributed by atoms with van der Waals surface area (Å²) in [6, 6.07) is 19.9. The molecule has 0 N–H and O–H groups in total. The van der Waals surface area contributed by atoms with Crippen LogP contribution in [0, 0.1) is 11.3 Å². The van der Waals surface area contributed by atoms with E-state index in [0.29, 0.717) is 6.04 Å². The highest BCUT2D eigenvalue weighted by atomic mass is 35.5. The summed E-state index contributed by atoms with van der Waals surface area (Å²) >= 11 is 14.6. The third-order valence-corrected chi connectivity index (χ3v) is 9.19. The minimum atomic E-state index is -0.200. The van der Waals surface area contributed by atoms with Gasteiger partial charge in [-0.05, 0) is 74.2 Å². The van der Waals surface area contributed by atoms with Gasteiger partial charge >= 0.3 is 0 Å². The first kappa shape index (κ1) is 28.0. The molecule has 2 aliphatic rings. The molecule has 2 aromatic carbocycles. The Hall–Kier alpha value is -1.53. The van der Waals surface area contributed by atoms with Gasteiger partial charge in [-0.2, -0.15) is 5.26 Å². The molecule has 35 heavy (non-hydrogen) atoms. The molecule has 0 heterocycles. The molecule has 0 amide bonds. The van der Waals surface area contributed by atoms with Gasteiger partial charge in [-0.3, -0.25) is 4.90 Å². The molecule has 4 heteroatoms. The van der Waals surface area contributed by atoms with Crippen LogP contribution in [0.3, 0.4) is 0 Å². The average Bonchev–Trinajstić information content (AvgIpc) is 3.50. The lowest BCUT2D eigenvalue weighted by molar-refractivity contribution is 0.216. The molecule has 0 aliphatic heterocycles. The second-order valence-electron chi connectivity index (χ2n) is 10.4. The van der Waals surface area contributed by atoms with Crippen LogP contribution in [0.5, 0.6) is 0 Å². The molecule has 0 saturated heterocycles. The van der Waals surface area contributed by atoms with E-state index in [-0.39, 0.29) is 9.75 Å². The molecule has 190 valence electrons. The zero-order valence-electron chi connectivity index (χ0n) is 21.8. The van der Waals surface area contributed by atoms with Crippen molar-refractivity contribution < 1.29 is 0 Å². The Morgan fingerprint density at radius 1 is 0.886 bits per heavy atom. The Morgan fingerprint density at radius 3 is 1.83 bits per heavy atom. The van der Waals surface area contributed by atoms with E-state index in [2.05, 4.69) is 67.4 Å². The highest BCUT2D eigenvalue weighted by Crippen LogP contribution is 2.51. The van der Waals surface area contributed by atoms with Crippen molar-refractivity contribution in [2.24, 2.45) is 0 Å². The first-order chi connectivity index (χ1) is 16.9. The van der Waals surface area contributed by atoms with Gasteiger partial charge in [-0.1, -0.05) is 81.1 Å². The lowest BCUT2D eigenvalue weighted by Gasteiger charge is -2.33. The number of benzene rings is 2. The van der Waals surface area contributed by atoms with Gasteiger partial charge in [0.15, 0.2) is 0 Å². The van der Waals surface area contributed by atoms with Crippen LogP contribution >= 0.6 is 23.2 Å². The van der Waals surface area contributed by atoms with Gasteiger partial charge in [0.1, 0.15) is 0 Å². The summed E-state index contributed by atoms with van der Waals surface area (Å²) in [6.07, 6.45) is 12.6. The van der Waals surface area contributed by atoms with Crippen molar-refractivity contribution in [3.8, 4) is 6.07 Å². The summed E-state index contributed by atoms with van der Waals surface area (Å²) in [5.41, 5.74) is 5.60. The van der Waals surface area contributed by atoms with Crippen molar-refractivity contribution in [2.75, 3.05) is 7.05 Å². The zero-order chi connectivity index (χ0) is 25.3. The quantitative estimate of drug-likeness (QED) is 0.313. The third-order valence-electron chi connectivity index (χ3n) is 8.03. The van der Waals surface area contributed by atoms with Gasteiger partial charge in [-0.15, -0.1) is 23.2 Å². The van der Waals surface area contributed by atoms with Gasteiger partial charge in [-0.25, -0.2) is 0 Å². The van der Waals surface area contributed by atoms with E-state index in [1.165, 1.54) is 54.9 Å². The molecule has 2 fully saturated rings. The zero-order valence-corrected chi connectivity index (χ0v) is 23.3. The predicted molar refractivity (Wildman–Crippen MR) is 150 cm³/mol. The lowest BCUT2D eigenvalue weighted by Crippen LogP contribution is -2.32. The molecule has 0 radical (unpaired) electrons. The van der Waals surface area contributed by atoms with E-state index in [0.717, 1.165) is 51.5 Å². The maximum Gasteiger partial charge on any atom is 0.0697 e.